The summed E-state index contributed by atoms with van der Waals surface area (Å²) >= 11 is 6.17. The van der Waals surface area contributed by atoms with Crippen LogP contribution in [0.4, 0.5) is 18.9 Å². The Morgan fingerprint density at radius 3 is 2.33 bits per heavy atom. The Morgan fingerprint density at radius 1 is 1.29 bits per heavy atom. The van der Waals surface area contributed by atoms with Gasteiger partial charge in [-0.1, -0.05) is 24.6 Å². The summed E-state index contributed by atoms with van der Waals surface area (Å²) in [6.07, 6.45) is -2.76. The predicted molar refractivity (Wildman–Crippen MR) is 82.0 cm³/mol. The summed E-state index contributed by atoms with van der Waals surface area (Å²) in [7, 11) is 0. The Kier molecular flexibility index (Phi) is 6.35. The molecule has 2 nitrogen and oxygen atoms in total. The SMILES string of the molecule is CCC(N)Cc1ccc(N(CC(F)(F)F)C(C)C)c(Cl)c1. The lowest BCUT2D eigenvalue weighted by atomic mass is 10.0. The van der Waals surface area contributed by atoms with Gasteiger partial charge >= 0.3 is 6.18 Å². The van der Waals surface area contributed by atoms with Crippen molar-refractivity contribution in [2.24, 2.45) is 5.73 Å². The topological polar surface area (TPSA) is 29.3 Å². The fourth-order valence-corrected chi connectivity index (χ4v) is 2.41. The van der Waals surface area contributed by atoms with Gasteiger partial charge in [-0.25, -0.2) is 0 Å². The minimum atomic E-state index is -4.27. The number of alkyl halides is 3. The van der Waals surface area contributed by atoms with Crippen LogP contribution in [0.25, 0.3) is 0 Å². The van der Waals surface area contributed by atoms with Crippen molar-refractivity contribution in [3.05, 3.63) is 28.8 Å². The lowest BCUT2D eigenvalue weighted by Crippen LogP contribution is -2.39. The highest BCUT2D eigenvalue weighted by Crippen LogP contribution is 2.31. The molecule has 0 saturated heterocycles. The number of hydrogen-bond acceptors (Lipinski definition) is 2. The molecular formula is C15H22ClF3N2. The highest BCUT2D eigenvalue weighted by molar-refractivity contribution is 6.33. The maximum Gasteiger partial charge on any atom is 0.405 e. The maximum atomic E-state index is 12.7. The second-order valence-electron chi connectivity index (χ2n) is 5.50. The molecule has 0 aliphatic carbocycles. The van der Waals surface area contributed by atoms with Gasteiger partial charge < -0.3 is 10.6 Å². The summed E-state index contributed by atoms with van der Waals surface area (Å²) in [5.41, 5.74) is 7.22. The van der Waals surface area contributed by atoms with Crippen LogP contribution in [-0.4, -0.2) is 24.8 Å². The normalized spacial score (nSPS) is 13.6. The maximum absolute atomic E-state index is 12.7. The summed E-state index contributed by atoms with van der Waals surface area (Å²) in [5.74, 6) is 0. The molecule has 0 fully saturated rings. The first-order chi connectivity index (χ1) is 9.64. The number of hydrogen-bond donors (Lipinski definition) is 1. The third kappa shape index (κ3) is 5.75. The van der Waals surface area contributed by atoms with E-state index in [0.29, 0.717) is 17.1 Å². The Balaban J connectivity index is 3.00. The molecule has 6 heteroatoms. The second-order valence-corrected chi connectivity index (χ2v) is 5.90. The van der Waals surface area contributed by atoms with Crippen molar-refractivity contribution in [3.63, 3.8) is 0 Å². The van der Waals surface area contributed by atoms with E-state index in [2.05, 4.69) is 0 Å². The molecule has 1 unspecified atom stereocenters. The fourth-order valence-electron chi connectivity index (χ4n) is 2.10. The van der Waals surface area contributed by atoms with Gasteiger partial charge in [0.1, 0.15) is 6.54 Å². The van der Waals surface area contributed by atoms with E-state index in [4.69, 9.17) is 17.3 Å². The van der Waals surface area contributed by atoms with Crippen molar-refractivity contribution in [3.8, 4) is 0 Å². The molecule has 0 radical (unpaired) electrons. The molecule has 21 heavy (non-hydrogen) atoms. The highest BCUT2D eigenvalue weighted by Gasteiger charge is 2.32. The van der Waals surface area contributed by atoms with Gasteiger partial charge in [0.25, 0.3) is 0 Å². The molecule has 120 valence electrons. The van der Waals surface area contributed by atoms with Gasteiger partial charge in [-0.15, -0.1) is 0 Å². The quantitative estimate of drug-likeness (QED) is 0.841. The molecule has 1 rings (SSSR count). The molecule has 0 aliphatic rings. The van der Waals surface area contributed by atoms with Crippen molar-refractivity contribution in [2.45, 2.75) is 51.9 Å². The van der Waals surface area contributed by atoms with Crippen LogP contribution < -0.4 is 10.6 Å². The van der Waals surface area contributed by atoms with Crippen LogP contribution in [0.3, 0.4) is 0 Å². The zero-order chi connectivity index (χ0) is 16.2. The van der Waals surface area contributed by atoms with Gasteiger partial charge in [-0.3, -0.25) is 0 Å². The number of nitrogens with two attached hydrogens (primary N) is 1. The van der Waals surface area contributed by atoms with E-state index >= 15 is 0 Å². The molecular weight excluding hydrogens is 301 g/mol. The summed E-state index contributed by atoms with van der Waals surface area (Å²) in [6.45, 7) is 4.40. The largest absolute Gasteiger partial charge is 0.405 e. The van der Waals surface area contributed by atoms with Gasteiger partial charge in [0.15, 0.2) is 0 Å². The van der Waals surface area contributed by atoms with Gasteiger partial charge in [-0.05, 0) is 44.4 Å². The van der Waals surface area contributed by atoms with Crippen LogP contribution in [-0.2, 0) is 6.42 Å². The van der Waals surface area contributed by atoms with Gasteiger partial charge in [0, 0.05) is 12.1 Å². The summed E-state index contributed by atoms with van der Waals surface area (Å²) in [6, 6.07) is 4.88. The van der Waals surface area contributed by atoms with Crippen LogP contribution in [0.2, 0.25) is 5.02 Å². The number of rotatable bonds is 6. The standard InChI is InChI=1S/C15H22ClF3N2/c1-4-12(20)7-11-5-6-14(13(16)8-11)21(10(2)3)9-15(17,18)19/h5-6,8,10,12H,4,7,9,20H2,1-3H3. The van der Waals surface area contributed by atoms with Crippen molar-refractivity contribution in [1.82, 2.24) is 0 Å². The summed E-state index contributed by atoms with van der Waals surface area (Å²) in [4.78, 5) is 1.26. The molecule has 0 aliphatic heterocycles. The molecule has 2 N–H and O–H groups in total. The minimum Gasteiger partial charge on any atom is -0.359 e. The van der Waals surface area contributed by atoms with Crippen LogP contribution in [0, 0.1) is 0 Å². The molecule has 0 spiro atoms. The second kappa shape index (κ2) is 7.36. The lowest BCUT2D eigenvalue weighted by molar-refractivity contribution is -0.120. The predicted octanol–water partition coefficient (Wildman–Crippen LogP) is 4.40. The van der Waals surface area contributed by atoms with E-state index < -0.39 is 12.7 Å². The number of anilines is 1. The molecule has 1 atom stereocenters. The first kappa shape index (κ1) is 18.1. The van der Waals surface area contributed by atoms with Crippen molar-refractivity contribution < 1.29 is 13.2 Å². The van der Waals surface area contributed by atoms with Crippen molar-refractivity contribution in [1.29, 1.82) is 0 Å². The highest BCUT2D eigenvalue weighted by atomic mass is 35.5. The van der Waals surface area contributed by atoms with E-state index in [0.717, 1.165) is 12.0 Å². The van der Waals surface area contributed by atoms with Crippen LogP contribution in [0.5, 0.6) is 0 Å². The molecule has 0 amide bonds. The van der Waals surface area contributed by atoms with E-state index in [9.17, 15) is 13.2 Å². The fraction of sp³-hybridized carbons (Fsp3) is 0.600. The Bertz CT molecular complexity index is 461. The Morgan fingerprint density at radius 2 is 1.90 bits per heavy atom. The lowest BCUT2D eigenvalue weighted by Gasteiger charge is -2.30. The molecule has 0 heterocycles. The van der Waals surface area contributed by atoms with E-state index in [1.165, 1.54) is 4.90 Å². The van der Waals surface area contributed by atoms with Gasteiger partial charge in [0.2, 0.25) is 0 Å². The summed E-state index contributed by atoms with van der Waals surface area (Å²) < 4.78 is 38.0. The van der Waals surface area contributed by atoms with Crippen LogP contribution in [0.1, 0.15) is 32.8 Å². The smallest absolute Gasteiger partial charge is 0.359 e. The zero-order valence-corrected chi connectivity index (χ0v) is 13.3. The summed E-state index contributed by atoms with van der Waals surface area (Å²) in [5, 5.41) is 0.328. The third-order valence-corrected chi connectivity index (χ3v) is 3.62. The Hall–Kier alpha value is -0.940. The number of halogens is 4. The van der Waals surface area contributed by atoms with E-state index in [-0.39, 0.29) is 12.1 Å². The first-order valence-corrected chi connectivity index (χ1v) is 7.39. The van der Waals surface area contributed by atoms with Crippen molar-refractivity contribution >= 4 is 17.3 Å². The monoisotopic (exact) mass is 322 g/mol. The van der Waals surface area contributed by atoms with Crippen LogP contribution in [0.15, 0.2) is 18.2 Å². The molecule has 0 bridgehead atoms. The van der Waals surface area contributed by atoms with E-state index in [1.54, 1.807) is 32.0 Å². The van der Waals surface area contributed by atoms with E-state index in [1.807, 2.05) is 6.92 Å². The molecule has 1 aromatic rings. The molecule has 0 aromatic heterocycles. The number of benzene rings is 1. The third-order valence-electron chi connectivity index (χ3n) is 3.32. The van der Waals surface area contributed by atoms with Crippen molar-refractivity contribution in [2.75, 3.05) is 11.4 Å². The molecule has 0 saturated carbocycles. The Labute approximate surface area is 129 Å². The minimum absolute atomic E-state index is 0.0308. The average molecular weight is 323 g/mol. The van der Waals surface area contributed by atoms with Gasteiger partial charge in [0.05, 0.1) is 10.7 Å². The first-order valence-electron chi connectivity index (χ1n) is 7.01. The van der Waals surface area contributed by atoms with Gasteiger partial charge in [-0.2, -0.15) is 13.2 Å². The van der Waals surface area contributed by atoms with Crippen LogP contribution >= 0.6 is 11.6 Å². The molecule has 1 aromatic carbocycles. The zero-order valence-electron chi connectivity index (χ0n) is 12.5. The number of nitrogens with zero attached hydrogens (tertiary/aromatic N) is 1. The average Bonchev–Trinajstić information content (AvgIpc) is 2.35.